The summed E-state index contributed by atoms with van der Waals surface area (Å²) < 4.78 is 3.56. The molecule has 0 spiro atoms. The summed E-state index contributed by atoms with van der Waals surface area (Å²) in [5, 5.41) is 3.20. The number of rotatable bonds is 1. The molecule has 3 aliphatic rings. The summed E-state index contributed by atoms with van der Waals surface area (Å²) in [6.07, 6.45) is 11.8. The molecular weight excluding hydrogens is 370 g/mol. The molecule has 0 radical (unpaired) electrons. The fourth-order valence-corrected chi connectivity index (χ4v) is 14.8. The van der Waals surface area contributed by atoms with Crippen molar-refractivity contribution in [1.29, 1.82) is 0 Å². The zero-order chi connectivity index (χ0) is 10.5. The topological polar surface area (TPSA) is 0 Å². The van der Waals surface area contributed by atoms with Gasteiger partial charge in [-0.3, -0.25) is 0 Å². The van der Waals surface area contributed by atoms with Crippen LogP contribution in [0.15, 0.2) is 41.3 Å². The van der Waals surface area contributed by atoms with Gasteiger partial charge in [-0.15, -0.1) is 0 Å². The van der Waals surface area contributed by atoms with E-state index in [9.17, 15) is 0 Å². The van der Waals surface area contributed by atoms with E-state index in [1.54, 1.807) is 17.0 Å². The molecule has 0 N–H and O–H groups in total. The van der Waals surface area contributed by atoms with Gasteiger partial charge in [0, 0.05) is 0 Å². The minimum absolute atomic E-state index is 0. The zero-order valence-electron chi connectivity index (χ0n) is 9.56. The van der Waals surface area contributed by atoms with Crippen molar-refractivity contribution in [3.8, 4) is 0 Å². The zero-order valence-corrected chi connectivity index (χ0v) is 15.3. The van der Waals surface area contributed by atoms with Gasteiger partial charge in [-0.2, -0.15) is 0 Å². The molecule has 17 heavy (non-hydrogen) atoms. The van der Waals surface area contributed by atoms with Crippen LogP contribution in [0.5, 0.6) is 0 Å². The molecule has 90 valence electrons. The molecule has 0 aromatic carbocycles. The van der Waals surface area contributed by atoms with E-state index in [0.29, 0.717) is 0 Å². The molecule has 0 unspecified atom stereocenters. The van der Waals surface area contributed by atoms with Crippen molar-refractivity contribution in [2.24, 2.45) is 0 Å². The summed E-state index contributed by atoms with van der Waals surface area (Å²) in [6.45, 7) is 2.27. The van der Waals surface area contributed by atoms with Crippen LogP contribution in [0, 0.1) is 0 Å². The molecule has 2 aliphatic carbocycles. The predicted octanol–water partition coefficient (Wildman–Crippen LogP) is -2.20. The molecule has 0 saturated carbocycles. The van der Waals surface area contributed by atoms with E-state index in [0.717, 1.165) is 6.04 Å². The first-order chi connectivity index (χ1) is 7.25. The fourth-order valence-electron chi connectivity index (χ4n) is 2.70. The molecule has 5 heteroatoms. The van der Waals surface area contributed by atoms with Crippen LogP contribution in [0.1, 0.15) is 19.8 Å². The Bertz CT molecular complexity index is 413. The van der Waals surface area contributed by atoms with E-state index in [-0.39, 0.29) is 24.8 Å². The third kappa shape index (κ3) is 2.37. The SMILES string of the molecule is CC[Si]1(Cl)C2=[C](CC=C2)[Zr+2][C]2=C1C=CC2.[Cl-].[Cl-]. The fraction of sp³-hybridized carbons (Fsp3) is 0.333. The third-order valence-electron chi connectivity index (χ3n) is 3.51. The molecular formula is C12H13Cl3SiZr. The standard InChI is InChI=1S/C12H13ClSi.2ClH.Zr/c1-2-14(13,11-7-3-4-8-11)12-9-5-6-10-12;;;/h3,5,7,9H,2,4,6H2,1H3;2*1H;/q;;;+2/p-2. The molecule has 1 aliphatic heterocycles. The van der Waals surface area contributed by atoms with Crippen molar-refractivity contribution in [1.82, 2.24) is 0 Å². The minimum atomic E-state index is -1.77. The van der Waals surface area contributed by atoms with Crippen molar-refractivity contribution in [3.63, 3.8) is 0 Å². The maximum Gasteiger partial charge on any atom is -1.00 e. The quantitative estimate of drug-likeness (QED) is 0.357. The first-order valence-electron chi connectivity index (χ1n) is 5.52. The molecule has 0 bridgehead atoms. The summed E-state index contributed by atoms with van der Waals surface area (Å²) in [5.74, 6) is 0. The van der Waals surface area contributed by atoms with Gasteiger partial charge in [-0.05, 0) is 0 Å². The average Bonchev–Trinajstić information content (AvgIpc) is 2.86. The Hall–Kier alpha value is 0.930. The monoisotopic (exact) mass is 380 g/mol. The Labute approximate surface area is 132 Å². The van der Waals surface area contributed by atoms with E-state index in [1.807, 2.05) is 0 Å². The number of allylic oxidation sites excluding steroid dienone is 8. The van der Waals surface area contributed by atoms with E-state index in [2.05, 4.69) is 31.2 Å². The van der Waals surface area contributed by atoms with Crippen molar-refractivity contribution in [2.45, 2.75) is 25.8 Å². The Kier molecular flexibility index (Phi) is 5.57. The third-order valence-corrected chi connectivity index (χ3v) is 14.2. The van der Waals surface area contributed by atoms with Crippen LogP contribution >= 0.6 is 11.1 Å². The first-order valence-corrected chi connectivity index (χ1v) is 11.2. The second-order valence-corrected chi connectivity index (χ2v) is 13.2. The van der Waals surface area contributed by atoms with E-state index in [4.69, 9.17) is 11.1 Å². The van der Waals surface area contributed by atoms with Gasteiger partial charge in [0.2, 0.25) is 0 Å². The summed E-state index contributed by atoms with van der Waals surface area (Å²) in [5.41, 5.74) is 0. The van der Waals surface area contributed by atoms with Gasteiger partial charge in [0.05, 0.1) is 0 Å². The molecule has 0 nitrogen and oxygen atoms in total. The maximum absolute atomic E-state index is 7.01. The van der Waals surface area contributed by atoms with Gasteiger partial charge in [0.15, 0.2) is 0 Å². The molecule has 0 aromatic rings. The summed E-state index contributed by atoms with van der Waals surface area (Å²) in [7, 11) is -1.77. The largest absolute Gasteiger partial charge is 1.00 e. The number of hydrogen-bond acceptors (Lipinski definition) is 0. The average molecular weight is 383 g/mol. The van der Waals surface area contributed by atoms with Crippen LogP contribution < -0.4 is 24.8 Å². The minimum Gasteiger partial charge on any atom is -1.00 e. The molecule has 0 amide bonds. The van der Waals surface area contributed by atoms with Crippen LogP contribution in [-0.2, 0) is 23.2 Å². The molecule has 1 heterocycles. The molecule has 0 aromatic heterocycles. The van der Waals surface area contributed by atoms with Gasteiger partial charge < -0.3 is 24.8 Å². The normalized spacial score (nSPS) is 22.2. The summed E-state index contributed by atoms with van der Waals surface area (Å²) >= 11 is 6.59. The summed E-state index contributed by atoms with van der Waals surface area (Å²) in [6, 6.07) is 1.15. The van der Waals surface area contributed by atoms with Crippen LogP contribution in [0.25, 0.3) is 0 Å². The van der Waals surface area contributed by atoms with Crippen molar-refractivity contribution >= 4 is 18.5 Å². The number of hydrogen-bond donors (Lipinski definition) is 0. The van der Waals surface area contributed by atoms with Crippen LogP contribution in [0.4, 0.5) is 0 Å². The van der Waals surface area contributed by atoms with E-state index >= 15 is 0 Å². The molecule has 0 atom stereocenters. The van der Waals surface area contributed by atoms with E-state index < -0.39 is 30.6 Å². The smallest absolute Gasteiger partial charge is 1.00 e. The molecule has 0 fully saturated rings. The van der Waals surface area contributed by atoms with Crippen molar-refractivity contribution < 1.29 is 48.0 Å². The first kappa shape index (κ1) is 16.0. The van der Waals surface area contributed by atoms with Gasteiger partial charge >= 0.3 is 109 Å². The number of halogens is 3. The van der Waals surface area contributed by atoms with Crippen LogP contribution in [-0.4, -0.2) is 7.38 Å². The van der Waals surface area contributed by atoms with E-state index in [1.165, 1.54) is 12.8 Å². The molecule has 3 rings (SSSR count). The Morgan fingerprint density at radius 3 is 2.00 bits per heavy atom. The maximum atomic E-state index is 7.01. The Balaban J connectivity index is 0.000000722. The Morgan fingerprint density at radius 1 is 1.12 bits per heavy atom. The van der Waals surface area contributed by atoms with Crippen LogP contribution in [0.2, 0.25) is 6.04 Å². The molecule has 0 saturated heterocycles. The van der Waals surface area contributed by atoms with Crippen molar-refractivity contribution in [2.75, 3.05) is 0 Å². The van der Waals surface area contributed by atoms with Gasteiger partial charge in [0.1, 0.15) is 0 Å². The second-order valence-electron chi connectivity index (χ2n) is 4.28. The predicted molar refractivity (Wildman–Crippen MR) is 63.7 cm³/mol. The van der Waals surface area contributed by atoms with Crippen LogP contribution in [0.3, 0.4) is 0 Å². The van der Waals surface area contributed by atoms with Gasteiger partial charge in [-0.1, -0.05) is 0 Å². The Morgan fingerprint density at radius 2 is 1.59 bits per heavy atom. The summed E-state index contributed by atoms with van der Waals surface area (Å²) in [4.78, 5) is 0. The van der Waals surface area contributed by atoms with Gasteiger partial charge in [0.25, 0.3) is 0 Å². The van der Waals surface area contributed by atoms with Crippen molar-refractivity contribution in [3.05, 3.63) is 41.3 Å². The van der Waals surface area contributed by atoms with Gasteiger partial charge in [-0.25, -0.2) is 0 Å². The second kappa shape index (κ2) is 5.92.